The van der Waals surface area contributed by atoms with Crippen LogP contribution in [0.15, 0.2) is 24.3 Å². The first kappa shape index (κ1) is 16.5. The van der Waals surface area contributed by atoms with Gasteiger partial charge in [-0.25, -0.2) is 0 Å². The zero-order valence-corrected chi connectivity index (χ0v) is 13.7. The summed E-state index contributed by atoms with van der Waals surface area (Å²) in [5.41, 5.74) is 2.22. The zero-order chi connectivity index (χ0) is 15.4. The zero-order valence-electron chi connectivity index (χ0n) is 13.7. The molecule has 0 radical (unpaired) electrons. The van der Waals surface area contributed by atoms with Crippen molar-refractivity contribution in [3.63, 3.8) is 0 Å². The molecule has 0 aromatic heterocycles. The summed E-state index contributed by atoms with van der Waals surface area (Å²) in [5.74, 6) is 0.787. The van der Waals surface area contributed by atoms with Gasteiger partial charge in [0.15, 0.2) is 0 Å². The fourth-order valence-corrected chi connectivity index (χ4v) is 3.05. The summed E-state index contributed by atoms with van der Waals surface area (Å²) < 4.78 is 5.25. The maximum atomic E-state index is 10.7. The number of aliphatic hydroxyl groups is 1. The lowest BCUT2D eigenvalue weighted by atomic mass is 9.99. The van der Waals surface area contributed by atoms with Crippen LogP contribution in [0.2, 0.25) is 0 Å². The van der Waals surface area contributed by atoms with Crippen LogP contribution >= 0.6 is 0 Å². The van der Waals surface area contributed by atoms with E-state index in [2.05, 4.69) is 37.8 Å². The topological polar surface area (TPSA) is 32.7 Å². The Hall–Kier alpha value is -0.900. The Morgan fingerprint density at radius 2 is 1.86 bits per heavy atom. The van der Waals surface area contributed by atoms with Crippen LogP contribution in [0.3, 0.4) is 0 Å². The Labute approximate surface area is 128 Å². The van der Waals surface area contributed by atoms with Gasteiger partial charge in [0.2, 0.25) is 0 Å². The monoisotopic (exact) mass is 291 g/mol. The summed E-state index contributed by atoms with van der Waals surface area (Å²) >= 11 is 0. The summed E-state index contributed by atoms with van der Waals surface area (Å²) in [6.45, 7) is 8.06. The van der Waals surface area contributed by atoms with E-state index in [1.54, 1.807) is 7.11 Å². The van der Waals surface area contributed by atoms with E-state index in [4.69, 9.17) is 4.74 Å². The Balaban J connectivity index is 2.07. The lowest BCUT2D eigenvalue weighted by Gasteiger charge is -2.37. The Bertz CT molecular complexity index is 427. The largest absolute Gasteiger partial charge is 0.387 e. The molecular weight excluding hydrogens is 262 g/mol. The number of nitrogens with zero attached hydrogens (tertiary/aromatic N) is 1. The van der Waals surface area contributed by atoms with E-state index in [1.165, 1.54) is 18.4 Å². The molecule has 3 nitrogen and oxygen atoms in total. The molecule has 21 heavy (non-hydrogen) atoms. The minimum Gasteiger partial charge on any atom is -0.387 e. The van der Waals surface area contributed by atoms with Crippen LogP contribution in [0.1, 0.15) is 43.9 Å². The predicted molar refractivity (Wildman–Crippen MR) is 86.4 cm³/mol. The predicted octanol–water partition coefficient (Wildman–Crippen LogP) is 3.16. The van der Waals surface area contributed by atoms with Crippen molar-refractivity contribution in [3.05, 3.63) is 35.4 Å². The molecule has 0 aliphatic heterocycles. The van der Waals surface area contributed by atoms with Crippen LogP contribution in [-0.2, 0) is 4.74 Å². The molecule has 0 heterocycles. The molecule has 1 N–H and O–H groups in total. The molecule has 0 bridgehead atoms. The molecule has 0 amide bonds. The van der Waals surface area contributed by atoms with Crippen LogP contribution in [0.5, 0.6) is 0 Å². The molecular formula is C18H29NO2. The van der Waals surface area contributed by atoms with Crippen molar-refractivity contribution in [2.75, 3.05) is 20.3 Å². The molecule has 3 heteroatoms. The lowest BCUT2D eigenvalue weighted by molar-refractivity contribution is 0.0152. The summed E-state index contributed by atoms with van der Waals surface area (Å²) in [7, 11) is 1.74. The van der Waals surface area contributed by atoms with E-state index < -0.39 is 6.10 Å². The lowest BCUT2D eigenvalue weighted by Crippen LogP contribution is -2.46. The van der Waals surface area contributed by atoms with Gasteiger partial charge in [0.1, 0.15) is 0 Å². The number of benzene rings is 1. The molecule has 1 aromatic rings. The number of ether oxygens (including phenoxy) is 1. The average molecular weight is 291 g/mol. The molecule has 3 unspecified atom stereocenters. The van der Waals surface area contributed by atoms with Crippen molar-refractivity contribution in [3.8, 4) is 0 Å². The van der Waals surface area contributed by atoms with Crippen molar-refractivity contribution in [2.24, 2.45) is 5.92 Å². The second-order valence-corrected chi connectivity index (χ2v) is 6.40. The first-order valence-electron chi connectivity index (χ1n) is 8.04. The first-order valence-corrected chi connectivity index (χ1v) is 8.04. The fraction of sp³-hybridized carbons (Fsp3) is 0.667. The van der Waals surface area contributed by atoms with Gasteiger partial charge in [-0.3, -0.25) is 4.90 Å². The number of aryl methyl sites for hydroxylation is 1. The fourth-order valence-electron chi connectivity index (χ4n) is 3.05. The first-order chi connectivity index (χ1) is 10.0. The second kappa shape index (κ2) is 7.39. The highest BCUT2D eigenvalue weighted by molar-refractivity contribution is 5.24. The van der Waals surface area contributed by atoms with E-state index in [-0.39, 0.29) is 6.04 Å². The molecule has 0 saturated heterocycles. The molecule has 3 atom stereocenters. The minimum absolute atomic E-state index is 0.0958. The highest BCUT2D eigenvalue weighted by Gasteiger charge is 2.35. The Morgan fingerprint density at radius 3 is 2.38 bits per heavy atom. The van der Waals surface area contributed by atoms with Gasteiger partial charge < -0.3 is 9.84 Å². The molecule has 1 saturated carbocycles. The number of rotatable bonds is 8. The van der Waals surface area contributed by atoms with Gasteiger partial charge in [0.05, 0.1) is 12.7 Å². The SMILES string of the molecule is COCCN(C(C)C1CC1)C(C)C(O)c1ccc(C)cc1. The maximum absolute atomic E-state index is 10.7. The Morgan fingerprint density at radius 1 is 1.24 bits per heavy atom. The van der Waals surface area contributed by atoms with Crippen LogP contribution in [-0.4, -0.2) is 42.4 Å². The molecule has 118 valence electrons. The smallest absolute Gasteiger partial charge is 0.0942 e. The third-order valence-corrected chi connectivity index (χ3v) is 4.78. The molecule has 1 aliphatic rings. The van der Waals surface area contributed by atoms with Gasteiger partial charge in [-0.2, -0.15) is 0 Å². The number of hydrogen-bond acceptors (Lipinski definition) is 3. The standard InChI is InChI=1S/C18H29NO2/c1-13-5-7-17(8-6-13)18(20)15(3)19(11-12-21-4)14(2)16-9-10-16/h5-8,14-16,18,20H,9-12H2,1-4H3. The average Bonchev–Trinajstić information content (AvgIpc) is 3.32. The molecule has 1 aromatic carbocycles. The van der Waals surface area contributed by atoms with Gasteiger partial charge in [0.25, 0.3) is 0 Å². The van der Waals surface area contributed by atoms with E-state index >= 15 is 0 Å². The second-order valence-electron chi connectivity index (χ2n) is 6.40. The number of aliphatic hydroxyl groups excluding tert-OH is 1. The number of methoxy groups -OCH3 is 1. The highest BCUT2D eigenvalue weighted by Crippen LogP contribution is 2.37. The van der Waals surface area contributed by atoms with Gasteiger partial charge in [0, 0.05) is 25.7 Å². The van der Waals surface area contributed by atoms with Crippen molar-refractivity contribution in [2.45, 2.75) is 51.8 Å². The van der Waals surface area contributed by atoms with Gasteiger partial charge in [-0.1, -0.05) is 29.8 Å². The molecule has 1 aliphatic carbocycles. The minimum atomic E-state index is -0.455. The quantitative estimate of drug-likeness (QED) is 0.798. The normalized spacial score (nSPS) is 19.5. The van der Waals surface area contributed by atoms with E-state index in [0.717, 1.165) is 18.0 Å². The van der Waals surface area contributed by atoms with E-state index in [1.807, 2.05) is 12.1 Å². The van der Waals surface area contributed by atoms with Gasteiger partial charge in [-0.15, -0.1) is 0 Å². The van der Waals surface area contributed by atoms with Gasteiger partial charge >= 0.3 is 0 Å². The van der Waals surface area contributed by atoms with Crippen LogP contribution < -0.4 is 0 Å². The summed E-state index contributed by atoms with van der Waals surface area (Å²) in [5, 5.41) is 10.7. The summed E-state index contributed by atoms with van der Waals surface area (Å²) in [6, 6.07) is 8.80. The van der Waals surface area contributed by atoms with Crippen LogP contribution in [0.25, 0.3) is 0 Å². The summed E-state index contributed by atoms with van der Waals surface area (Å²) in [6.07, 6.45) is 2.18. The van der Waals surface area contributed by atoms with Crippen molar-refractivity contribution in [1.29, 1.82) is 0 Å². The number of hydrogen-bond donors (Lipinski definition) is 1. The molecule has 0 spiro atoms. The third-order valence-electron chi connectivity index (χ3n) is 4.78. The van der Waals surface area contributed by atoms with Crippen LogP contribution in [0, 0.1) is 12.8 Å². The van der Waals surface area contributed by atoms with Crippen molar-refractivity contribution in [1.82, 2.24) is 4.90 Å². The van der Waals surface area contributed by atoms with E-state index in [9.17, 15) is 5.11 Å². The molecule has 1 fully saturated rings. The third kappa shape index (κ3) is 4.29. The maximum Gasteiger partial charge on any atom is 0.0942 e. The van der Waals surface area contributed by atoms with Crippen molar-refractivity contribution >= 4 is 0 Å². The Kier molecular flexibility index (Phi) is 5.80. The summed E-state index contributed by atoms with van der Waals surface area (Å²) in [4.78, 5) is 2.41. The van der Waals surface area contributed by atoms with Crippen molar-refractivity contribution < 1.29 is 9.84 Å². The van der Waals surface area contributed by atoms with Gasteiger partial charge in [-0.05, 0) is 45.1 Å². The van der Waals surface area contributed by atoms with E-state index in [0.29, 0.717) is 12.6 Å². The molecule has 2 rings (SSSR count). The highest BCUT2D eigenvalue weighted by atomic mass is 16.5. The van der Waals surface area contributed by atoms with Crippen LogP contribution in [0.4, 0.5) is 0 Å².